The highest BCUT2D eigenvalue weighted by Gasteiger charge is 2.38. The number of nitrogens with zero attached hydrogens (tertiary/aromatic N) is 1. The number of piperidine rings is 1. The van der Waals surface area contributed by atoms with Crippen LogP contribution in [-0.4, -0.2) is 50.5 Å². The molecule has 1 amide bonds. The Morgan fingerprint density at radius 1 is 1.23 bits per heavy atom. The van der Waals surface area contributed by atoms with Crippen LogP contribution in [0, 0.1) is 5.92 Å². The molecular formula is C14H24N2O5S. The number of likely N-dealkylation sites (tertiary alicyclic amines) is 1. The third-order valence-corrected chi connectivity index (χ3v) is 6.02. The summed E-state index contributed by atoms with van der Waals surface area (Å²) in [6.45, 7) is 1.89. The molecule has 2 saturated heterocycles. The molecular weight excluding hydrogens is 308 g/mol. The van der Waals surface area contributed by atoms with E-state index in [0.717, 1.165) is 45.1 Å². The number of amides is 1. The summed E-state index contributed by atoms with van der Waals surface area (Å²) in [5.74, 6) is 0.256. The standard InChI is InChI=1S/C14H24N2O5S/c17-13(21-15-22(18,19)11-12-3-4-12)16-8-6-14(7-9-16)5-1-2-10-20-14/h12,15H,1-11H2. The highest BCUT2D eigenvalue weighted by molar-refractivity contribution is 7.89. The Balaban J connectivity index is 1.43. The van der Waals surface area contributed by atoms with Gasteiger partial charge in [0.05, 0.1) is 11.4 Å². The lowest BCUT2D eigenvalue weighted by Gasteiger charge is -2.43. The summed E-state index contributed by atoms with van der Waals surface area (Å²) in [6.07, 6.45) is 6.15. The van der Waals surface area contributed by atoms with Crippen LogP contribution < -0.4 is 4.89 Å². The second kappa shape index (κ2) is 6.33. The fraction of sp³-hybridized carbons (Fsp3) is 0.929. The van der Waals surface area contributed by atoms with E-state index in [1.807, 2.05) is 4.89 Å². The largest absolute Gasteiger partial charge is 0.429 e. The maximum Gasteiger partial charge on any atom is 0.429 e. The molecule has 1 spiro atoms. The maximum absolute atomic E-state index is 12.0. The van der Waals surface area contributed by atoms with E-state index < -0.39 is 16.1 Å². The SMILES string of the molecule is O=C(ONS(=O)(=O)CC1CC1)N1CCC2(CCCCO2)CC1. The van der Waals surface area contributed by atoms with E-state index in [1.165, 1.54) is 6.42 Å². The van der Waals surface area contributed by atoms with Gasteiger partial charge in [0.2, 0.25) is 10.0 Å². The van der Waals surface area contributed by atoms with Crippen LogP contribution in [0.5, 0.6) is 0 Å². The maximum atomic E-state index is 12.0. The van der Waals surface area contributed by atoms with Gasteiger partial charge in [-0.15, -0.1) is 0 Å². The Kier molecular flexibility index (Phi) is 4.61. The molecule has 3 fully saturated rings. The number of hydrogen-bond acceptors (Lipinski definition) is 5. The zero-order chi connectivity index (χ0) is 15.6. The molecule has 0 bridgehead atoms. The fourth-order valence-corrected chi connectivity index (χ4v) is 4.41. The number of ether oxygens (including phenoxy) is 1. The number of rotatable bonds is 4. The molecule has 1 aliphatic carbocycles. The van der Waals surface area contributed by atoms with Gasteiger partial charge < -0.3 is 14.5 Å². The average Bonchev–Trinajstić information content (AvgIpc) is 3.30. The molecule has 0 aromatic carbocycles. The lowest BCUT2D eigenvalue weighted by Crippen LogP contribution is -2.50. The summed E-state index contributed by atoms with van der Waals surface area (Å²) in [5, 5.41) is 0. The zero-order valence-electron chi connectivity index (χ0n) is 12.8. The van der Waals surface area contributed by atoms with Crippen molar-refractivity contribution >= 4 is 16.1 Å². The average molecular weight is 332 g/mol. The Bertz CT molecular complexity index is 501. The van der Waals surface area contributed by atoms with E-state index in [1.54, 1.807) is 4.90 Å². The van der Waals surface area contributed by atoms with E-state index in [9.17, 15) is 13.2 Å². The smallest absolute Gasteiger partial charge is 0.375 e. The zero-order valence-corrected chi connectivity index (χ0v) is 13.6. The van der Waals surface area contributed by atoms with E-state index in [-0.39, 0.29) is 17.3 Å². The molecule has 2 aliphatic heterocycles. The van der Waals surface area contributed by atoms with Gasteiger partial charge in [-0.3, -0.25) is 0 Å². The van der Waals surface area contributed by atoms with Crippen LogP contribution in [0.1, 0.15) is 44.9 Å². The van der Waals surface area contributed by atoms with Gasteiger partial charge >= 0.3 is 6.09 Å². The second-order valence-electron chi connectivity index (χ2n) is 6.65. The van der Waals surface area contributed by atoms with Gasteiger partial charge in [-0.1, -0.05) is 0 Å². The summed E-state index contributed by atoms with van der Waals surface area (Å²) >= 11 is 0. The van der Waals surface area contributed by atoms with E-state index >= 15 is 0 Å². The van der Waals surface area contributed by atoms with Crippen LogP contribution in [0.3, 0.4) is 0 Å². The van der Waals surface area contributed by atoms with Gasteiger partial charge in [0.15, 0.2) is 0 Å². The van der Waals surface area contributed by atoms with Crippen molar-refractivity contribution in [2.24, 2.45) is 5.92 Å². The van der Waals surface area contributed by atoms with Crippen molar-refractivity contribution in [3.8, 4) is 0 Å². The highest BCUT2D eigenvalue weighted by atomic mass is 32.2. The van der Waals surface area contributed by atoms with Crippen molar-refractivity contribution in [1.82, 2.24) is 9.79 Å². The highest BCUT2D eigenvalue weighted by Crippen LogP contribution is 2.35. The van der Waals surface area contributed by atoms with E-state index in [4.69, 9.17) is 9.57 Å². The Labute approximate surface area is 131 Å². The number of carbonyl (C=O) groups excluding carboxylic acids is 1. The number of carbonyl (C=O) groups is 1. The first-order chi connectivity index (χ1) is 10.5. The minimum absolute atomic E-state index is 0.0389. The lowest BCUT2D eigenvalue weighted by atomic mass is 9.85. The summed E-state index contributed by atoms with van der Waals surface area (Å²) < 4.78 is 29.3. The number of nitrogens with one attached hydrogen (secondary N) is 1. The minimum Gasteiger partial charge on any atom is -0.375 e. The van der Waals surface area contributed by atoms with Gasteiger partial charge in [-0.25, -0.2) is 13.2 Å². The van der Waals surface area contributed by atoms with Crippen LogP contribution >= 0.6 is 0 Å². The summed E-state index contributed by atoms with van der Waals surface area (Å²) in [6, 6.07) is 0. The van der Waals surface area contributed by atoms with Crippen molar-refractivity contribution in [2.45, 2.75) is 50.5 Å². The second-order valence-corrected chi connectivity index (χ2v) is 8.38. The summed E-state index contributed by atoms with van der Waals surface area (Å²) in [4.78, 5) is 20.2. The number of hydrogen-bond donors (Lipinski definition) is 1. The Morgan fingerprint density at radius 2 is 1.95 bits per heavy atom. The molecule has 1 saturated carbocycles. The lowest BCUT2D eigenvalue weighted by molar-refractivity contribution is -0.109. The molecule has 126 valence electrons. The number of sulfonamides is 1. The van der Waals surface area contributed by atoms with E-state index in [2.05, 4.69) is 0 Å². The van der Waals surface area contributed by atoms with Gasteiger partial charge in [0, 0.05) is 19.7 Å². The van der Waals surface area contributed by atoms with Crippen molar-refractivity contribution in [3.05, 3.63) is 0 Å². The third-order valence-electron chi connectivity index (χ3n) is 4.78. The Morgan fingerprint density at radius 3 is 2.55 bits per heavy atom. The van der Waals surface area contributed by atoms with Crippen LogP contribution in [0.25, 0.3) is 0 Å². The first-order valence-corrected chi connectivity index (χ1v) is 9.73. The molecule has 1 N–H and O–H groups in total. The molecule has 0 unspecified atom stereocenters. The predicted octanol–water partition coefficient (Wildman–Crippen LogP) is 1.40. The van der Waals surface area contributed by atoms with Crippen molar-refractivity contribution in [2.75, 3.05) is 25.4 Å². The molecule has 22 heavy (non-hydrogen) atoms. The minimum atomic E-state index is -3.52. The molecule has 3 rings (SSSR count). The molecule has 0 radical (unpaired) electrons. The van der Waals surface area contributed by atoms with Crippen LogP contribution in [0.4, 0.5) is 4.79 Å². The molecule has 3 aliphatic rings. The van der Waals surface area contributed by atoms with Crippen molar-refractivity contribution in [1.29, 1.82) is 0 Å². The van der Waals surface area contributed by atoms with E-state index in [0.29, 0.717) is 13.1 Å². The van der Waals surface area contributed by atoms with Crippen LogP contribution in [0.2, 0.25) is 0 Å². The first kappa shape index (κ1) is 16.0. The van der Waals surface area contributed by atoms with Gasteiger partial charge in [-0.05, 0) is 55.7 Å². The van der Waals surface area contributed by atoms with Crippen LogP contribution in [-0.2, 0) is 19.6 Å². The van der Waals surface area contributed by atoms with Gasteiger partial charge in [0.1, 0.15) is 0 Å². The predicted molar refractivity (Wildman–Crippen MR) is 79.5 cm³/mol. The molecule has 0 aromatic rings. The van der Waals surface area contributed by atoms with Gasteiger partial charge in [-0.2, -0.15) is 0 Å². The quantitative estimate of drug-likeness (QED) is 0.787. The Hall–Kier alpha value is -0.860. The molecule has 7 nitrogen and oxygen atoms in total. The molecule has 2 heterocycles. The fourth-order valence-electron chi connectivity index (χ4n) is 3.19. The van der Waals surface area contributed by atoms with Crippen molar-refractivity contribution in [3.63, 3.8) is 0 Å². The monoisotopic (exact) mass is 332 g/mol. The summed E-state index contributed by atoms with van der Waals surface area (Å²) in [7, 11) is -3.52. The summed E-state index contributed by atoms with van der Waals surface area (Å²) in [5.41, 5.74) is -0.0828. The normalized spacial score (nSPS) is 25.2. The van der Waals surface area contributed by atoms with Crippen molar-refractivity contribution < 1.29 is 22.8 Å². The molecule has 0 atom stereocenters. The third kappa shape index (κ3) is 4.11. The molecule has 8 heteroatoms. The topological polar surface area (TPSA) is 84.9 Å². The van der Waals surface area contributed by atoms with Crippen LogP contribution in [0.15, 0.2) is 0 Å². The first-order valence-electron chi connectivity index (χ1n) is 8.07. The van der Waals surface area contributed by atoms with Gasteiger partial charge in [0.25, 0.3) is 0 Å². The molecule has 0 aromatic heterocycles.